The minimum Gasteiger partial charge on any atom is -0.395 e. The smallest absolute Gasteiger partial charge is 0.135 e. The summed E-state index contributed by atoms with van der Waals surface area (Å²) in [6.45, 7) is 8.87. The third-order valence-corrected chi connectivity index (χ3v) is 2.70. The lowest BCUT2D eigenvalue weighted by Crippen LogP contribution is -2.22. The van der Waals surface area contributed by atoms with Crippen LogP contribution < -0.4 is 0 Å². The molecule has 0 saturated heterocycles. The molecule has 0 aliphatic carbocycles. The average molecular weight is 223 g/mol. The summed E-state index contributed by atoms with van der Waals surface area (Å²) < 4.78 is 0. The maximum absolute atomic E-state index is 11.4. The minimum atomic E-state index is -0.521. The van der Waals surface area contributed by atoms with Gasteiger partial charge in [0, 0.05) is 16.4 Å². The van der Waals surface area contributed by atoms with Crippen LogP contribution in [0.5, 0.6) is 0 Å². The first-order chi connectivity index (χ1) is 7.14. The second-order valence-corrected chi connectivity index (χ2v) is 5.54. The van der Waals surface area contributed by atoms with Gasteiger partial charge in [0.05, 0.1) is 12.7 Å². The van der Waals surface area contributed by atoms with Gasteiger partial charge >= 0.3 is 0 Å². The van der Waals surface area contributed by atoms with Crippen LogP contribution in [-0.2, 0) is 4.79 Å². The predicted molar refractivity (Wildman–Crippen MR) is 63.6 cm³/mol. The van der Waals surface area contributed by atoms with Crippen molar-refractivity contribution in [3.63, 3.8) is 0 Å². The summed E-state index contributed by atoms with van der Waals surface area (Å²) in [6.07, 6.45) is 2.17. The molecule has 1 N–H and O–H groups in total. The second-order valence-electron chi connectivity index (χ2n) is 5.54. The Bertz CT molecular complexity index is 332. The van der Waals surface area contributed by atoms with Crippen molar-refractivity contribution >= 4 is 5.78 Å². The highest BCUT2D eigenvalue weighted by Crippen LogP contribution is 2.28. The van der Waals surface area contributed by atoms with E-state index in [2.05, 4.69) is 6.07 Å². The maximum atomic E-state index is 11.4. The molecule has 0 bridgehead atoms. The van der Waals surface area contributed by atoms with Crippen LogP contribution in [0.25, 0.3) is 0 Å². The van der Waals surface area contributed by atoms with Crippen LogP contribution in [0, 0.1) is 22.2 Å². The van der Waals surface area contributed by atoms with E-state index in [4.69, 9.17) is 10.4 Å². The third kappa shape index (κ3) is 4.59. The van der Waals surface area contributed by atoms with Gasteiger partial charge in [0.2, 0.25) is 0 Å². The standard InChI is InChI=1S/C13H21NO2/c1-10(16)13(4,5)7-11(8-14)6-12(2,3)9-15/h6,15H,7,9H2,1-5H3/b11-6-. The molecule has 0 aliphatic heterocycles. The van der Waals surface area contributed by atoms with Crippen molar-refractivity contribution in [2.45, 2.75) is 41.0 Å². The molecule has 3 nitrogen and oxygen atoms in total. The van der Waals surface area contributed by atoms with E-state index in [0.717, 1.165) is 0 Å². The zero-order chi connectivity index (χ0) is 13.0. The van der Waals surface area contributed by atoms with E-state index in [1.807, 2.05) is 27.7 Å². The molecular formula is C13H21NO2. The molecule has 0 aromatic carbocycles. The van der Waals surface area contributed by atoms with Crippen LogP contribution in [0.1, 0.15) is 41.0 Å². The fourth-order valence-corrected chi connectivity index (χ4v) is 1.24. The Morgan fingerprint density at radius 1 is 1.38 bits per heavy atom. The normalized spacial score (nSPS) is 13.4. The number of carbonyl (C=O) groups is 1. The quantitative estimate of drug-likeness (QED) is 0.728. The maximum Gasteiger partial charge on any atom is 0.135 e. The SMILES string of the molecule is CC(=O)C(C)(C)C/C(C#N)=C/C(C)(C)CO. The lowest BCUT2D eigenvalue weighted by atomic mass is 9.80. The van der Waals surface area contributed by atoms with Crippen molar-refractivity contribution in [1.82, 2.24) is 0 Å². The number of ketones is 1. The Hall–Kier alpha value is -1.14. The summed E-state index contributed by atoms with van der Waals surface area (Å²) in [5, 5.41) is 18.1. The number of carbonyl (C=O) groups excluding carboxylic acids is 1. The Morgan fingerprint density at radius 2 is 1.88 bits per heavy atom. The van der Waals surface area contributed by atoms with Crippen LogP contribution >= 0.6 is 0 Å². The molecule has 0 aliphatic rings. The first-order valence-electron chi connectivity index (χ1n) is 5.38. The molecule has 0 atom stereocenters. The predicted octanol–water partition coefficient (Wildman–Crippen LogP) is 2.46. The molecule has 16 heavy (non-hydrogen) atoms. The fraction of sp³-hybridized carbons (Fsp3) is 0.692. The zero-order valence-electron chi connectivity index (χ0n) is 10.8. The van der Waals surface area contributed by atoms with E-state index < -0.39 is 10.8 Å². The van der Waals surface area contributed by atoms with Gasteiger partial charge in [0.15, 0.2) is 0 Å². The van der Waals surface area contributed by atoms with E-state index in [1.165, 1.54) is 6.92 Å². The molecule has 0 saturated carbocycles. The zero-order valence-corrected chi connectivity index (χ0v) is 10.8. The number of Topliss-reactive ketones (excluding diaryl/α,β-unsaturated/α-hetero) is 1. The van der Waals surface area contributed by atoms with Crippen molar-refractivity contribution in [3.8, 4) is 6.07 Å². The molecular weight excluding hydrogens is 202 g/mol. The number of aliphatic hydroxyl groups is 1. The van der Waals surface area contributed by atoms with E-state index in [0.29, 0.717) is 12.0 Å². The summed E-state index contributed by atoms with van der Waals surface area (Å²) in [6, 6.07) is 2.10. The Kier molecular flexibility index (Phi) is 4.89. The van der Waals surface area contributed by atoms with Gasteiger partial charge < -0.3 is 5.11 Å². The fourth-order valence-electron chi connectivity index (χ4n) is 1.24. The van der Waals surface area contributed by atoms with Crippen molar-refractivity contribution in [2.24, 2.45) is 10.8 Å². The van der Waals surface area contributed by atoms with Crippen LogP contribution in [-0.4, -0.2) is 17.5 Å². The Morgan fingerprint density at radius 3 is 2.19 bits per heavy atom. The number of aliphatic hydroxyl groups excluding tert-OH is 1. The molecule has 0 spiro atoms. The molecule has 90 valence electrons. The first-order valence-corrected chi connectivity index (χ1v) is 5.38. The summed E-state index contributed by atoms with van der Waals surface area (Å²) in [4.78, 5) is 11.4. The number of nitrogens with zero attached hydrogens (tertiary/aromatic N) is 1. The number of hydrogen-bond acceptors (Lipinski definition) is 3. The van der Waals surface area contributed by atoms with Gasteiger partial charge in [0.1, 0.15) is 5.78 Å². The van der Waals surface area contributed by atoms with E-state index in [9.17, 15) is 4.79 Å². The third-order valence-electron chi connectivity index (χ3n) is 2.70. The largest absolute Gasteiger partial charge is 0.395 e. The second kappa shape index (κ2) is 5.27. The van der Waals surface area contributed by atoms with Crippen LogP contribution in [0.3, 0.4) is 0 Å². The summed E-state index contributed by atoms with van der Waals surface area (Å²) in [5.41, 5.74) is -0.385. The topological polar surface area (TPSA) is 61.1 Å². The highest BCUT2D eigenvalue weighted by Gasteiger charge is 2.26. The molecule has 0 amide bonds. The lowest BCUT2D eigenvalue weighted by molar-refractivity contribution is -0.124. The van der Waals surface area contributed by atoms with Gasteiger partial charge in [0.25, 0.3) is 0 Å². The van der Waals surface area contributed by atoms with Crippen molar-refractivity contribution in [1.29, 1.82) is 5.26 Å². The summed E-state index contributed by atoms with van der Waals surface area (Å²) in [7, 11) is 0. The lowest BCUT2D eigenvalue weighted by Gasteiger charge is -2.23. The number of allylic oxidation sites excluding steroid dienone is 1. The van der Waals surface area contributed by atoms with E-state index in [1.54, 1.807) is 6.08 Å². The number of hydrogen-bond donors (Lipinski definition) is 1. The van der Waals surface area contributed by atoms with Gasteiger partial charge in [-0.3, -0.25) is 4.79 Å². The first kappa shape index (κ1) is 14.9. The van der Waals surface area contributed by atoms with Gasteiger partial charge in [-0.2, -0.15) is 5.26 Å². The van der Waals surface area contributed by atoms with Gasteiger partial charge in [-0.1, -0.05) is 33.8 Å². The Balaban J connectivity index is 4.94. The van der Waals surface area contributed by atoms with Crippen molar-refractivity contribution < 1.29 is 9.90 Å². The molecule has 0 unspecified atom stereocenters. The van der Waals surface area contributed by atoms with Crippen molar-refractivity contribution in [3.05, 3.63) is 11.6 Å². The van der Waals surface area contributed by atoms with Crippen LogP contribution in [0.4, 0.5) is 0 Å². The number of rotatable bonds is 5. The highest BCUT2D eigenvalue weighted by molar-refractivity contribution is 5.81. The number of nitriles is 1. The molecule has 0 aromatic rings. The molecule has 0 radical (unpaired) electrons. The monoisotopic (exact) mass is 223 g/mol. The summed E-state index contributed by atoms with van der Waals surface area (Å²) >= 11 is 0. The van der Waals surface area contributed by atoms with E-state index >= 15 is 0 Å². The van der Waals surface area contributed by atoms with E-state index in [-0.39, 0.29) is 12.4 Å². The van der Waals surface area contributed by atoms with Crippen LogP contribution in [0.15, 0.2) is 11.6 Å². The molecule has 0 fully saturated rings. The molecule has 0 heterocycles. The van der Waals surface area contributed by atoms with Crippen molar-refractivity contribution in [2.75, 3.05) is 6.61 Å². The average Bonchev–Trinajstić information content (AvgIpc) is 2.15. The van der Waals surface area contributed by atoms with Gasteiger partial charge in [-0.25, -0.2) is 0 Å². The molecule has 0 rings (SSSR count). The Labute approximate surface area is 97.8 Å². The summed E-state index contributed by atoms with van der Waals surface area (Å²) in [5.74, 6) is 0.0652. The minimum absolute atomic E-state index is 0.0152. The molecule has 3 heteroatoms. The van der Waals surface area contributed by atoms with Gasteiger partial charge in [-0.05, 0) is 13.3 Å². The van der Waals surface area contributed by atoms with Crippen LogP contribution in [0.2, 0.25) is 0 Å². The molecule has 0 aromatic heterocycles. The highest BCUT2D eigenvalue weighted by atomic mass is 16.3. The van der Waals surface area contributed by atoms with Gasteiger partial charge in [-0.15, -0.1) is 0 Å².